The molecule has 0 heterocycles. The molecule has 0 radical (unpaired) electrons. The number of ether oxygens (including phenoxy) is 1. The Morgan fingerprint density at radius 3 is 3.00 bits per heavy atom. The molecule has 2 heteroatoms. The van der Waals surface area contributed by atoms with E-state index in [1.165, 1.54) is 0 Å². The predicted molar refractivity (Wildman–Crippen MR) is 45.8 cm³/mol. The maximum atomic E-state index is 11.4. The summed E-state index contributed by atoms with van der Waals surface area (Å²) in [5.74, 6) is 0.969. The van der Waals surface area contributed by atoms with Gasteiger partial charge in [-0.15, -0.1) is 0 Å². The lowest BCUT2D eigenvalue weighted by atomic mass is 9.60. The Hall–Kier alpha value is -0.630. The lowest BCUT2D eigenvalue weighted by Gasteiger charge is -2.47. The predicted octanol–water partition coefficient (Wildman–Crippen LogP) is 1.56. The summed E-state index contributed by atoms with van der Waals surface area (Å²) in [7, 11) is 1.70. The SMILES string of the molecule is C=C1[C@H]2C(=O)CCC[C@H]2[C@@H]1OC. The number of hydrogen-bond donors (Lipinski definition) is 0. The van der Waals surface area contributed by atoms with Crippen LogP contribution in [0.5, 0.6) is 0 Å². The second-order valence-electron chi connectivity index (χ2n) is 3.73. The van der Waals surface area contributed by atoms with E-state index in [4.69, 9.17) is 4.74 Å². The molecular formula is C10H14O2. The lowest BCUT2D eigenvalue weighted by Crippen LogP contribution is -2.50. The Balaban J connectivity index is 2.13. The molecule has 2 aliphatic rings. The van der Waals surface area contributed by atoms with Crippen LogP contribution in [0.25, 0.3) is 0 Å². The Kier molecular flexibility index (Phi) is 1.80. The molecule has 0 aromatic rings. The maximum Gasteiger partial charge on any atom is 0.140 e. The largest absolute Gasteiger partial charge is 0.377 e. The molecule has 0 spiro atoms. The molecule has 0 N–H and O–H groups in total. The minimum absolute atomic E-state index is 0.142. The Morgan fingerprint density at radius 2 is 2.33 bits per heavy atom. The van der Waals surface area contributed by atoms with Crippen LogP contribution in [-0.4, -0.2) is 19.0 Å². The zero-order valence-corrected chi connectivity index (χ0v) is 7.38. The summed E-state index contributed by atoms with van der Waals surface area (Å²) in [4.78, 5) is 11.4. The molecule has 0 aromatic carbocycles. The van der Waals surface area contributed by atoms with E-state index in [0.717, 1.165) is 24.8 Å². The summed E-state index contributed by atoms with van der Waals surface area (Å²) in [6.45, 7) is 3.90. The molecule has 0 aliphatic heterocycles. The number of Topliss-reactive ketones (excluding diaryl/α,β-unsaturated/α-hetero) is 1. The molecule has 2 rings (SSSR count). The molecule has 0 bridgehead atoms. The van der Waals surface area contributed by atoms with Crippen molar-refractivity contribution in [3.63, 3.8) is 0 Å². The molecule has 0 unspecified atom stereocenters. The first-order valence-corrected chi connectivity index (χ1v) is 4.50. The summed E-state index contributed by atoms with van der Waals surface area (Å²) in [6.07, 6.45) is 3.08. The number of rotatable bonds is 1. The number of hydrogen-bond acceptors (Lipinski definition) is 2. The standard InChI is InChI=1S/C10H14O2/c1-6-9-7(10(6)12-2)4-3-5-8(9)11/h7,9-10H,1,3-5H2,2H3/t7-,9-,10-/m1/s1. The third-order valence-corrected chi connectivity index (χ3v) is 3.14. The Labute approximate surface area is 72.6 Å². The van der Waals surface area contributed by atoms with E-state index in [0.29, 0.717) is 11.7 Å². The highest BCUT2D eigenvalue weighted by Gasteiger charge is 2.49. The van der Waals surface area contributed by atoms with Crippen LogP contribution in [0.2, 0.25) is 0 Å². The summed E-state index contributed by atoms with van der Waals surface area (Å²) in [5.41, 5.74) is 1.01. The Morgan fingerprint density at radius 1 is 1.58 bits per heavy atom. The smallest absolute Gasteiger partial charge is 0.140 e. The van der Waals surface area contributed by atoms with Crippen LogP contribution in [-0.2, 0) is 9.53 Å². The van der Waals surface area contributed by atoms with Crippen molar-refractivity contribution >= 4 is 5.78 Å². The molecule has 2 aliphatic carbocycles. The zero-order chi connectivity index (χ0) is 8.72. The first-order valence-electron chi connectivity index (χ1n) is 4.50. The van der Waals surface area contributed by atoms with Crippen LogP contribution in [0.3, 0.4) is 0 Å². The fourth-order valence-corrected chi connectivity index (χ4v) is 2.54. The fraction of sp³-hybridized carbons (Fsp3) is 0.700. The van der Waals surface area contributed by atoms with Crippen molar-refractivity contribution in [1.82, 2.24) is 0 Å². The molecule has 2 saturated carbocycles. The normalized spacial score (nSPS) is 40.6. The highest BCUT2D eigenvalue weighted by Crippen LogP contribution is 2.47. The van der Waals surface area contributed by atoms with Gasteiger partial charge in [0.05, 0.1) is 6.10 Å². The summed E-state index contributed by atoms with van der Waals surface area (Å²) in [5, 5.41) is 0. The number of carbonyl (C=O) groups excluding carboxylic acids is 1. The molecule has 66 valence electrons. The van der Waals surface area contributed by atoms with Gasteiger partial charge in [-0.1, -0.05) is 6.58 Å². The fourth-order valence-electron chi connectivity index (χ4n) is 2.54. The van der Waals surface area contributed by atoms with Gasteiger partial charge >= 0.3 is 0 Å². The van der Waals surface area contributed by atoms with Gasteiger partial charge in [0, 0.05) is 25.4 Å². The molecule has 2 fully saturated rings. The number of ketones is 1. The molecule has 0 amide bonds. The minimum Gasteiger partial charge on any atom is -0.377 e. The van der Waals surface area contributed by atoms with Crippen molar-refractivity contribution in [2.75, 3.05) is 7.11 Å². The van der Waals surface area contributed by atoms with Gasteiger partial charge in [0.1, 0.15) is 5.78 Å². The first kappa shape index (κ1) is 7.99. The minimum atomic E-state index is 0.142. The van der Waals surface area contributed by atoms with E-state index in [1.807, 2.05) is 0 Å². The summed E-state index contributed by atoms with van der Waals surface area (Å²) in [6, 6.07) is 0. The third kappa shape index (κ3) is 0.876. The molecule has 0 saturated heterocycles. The van der Waals surface area contributed by atoms with Gasteiger partial charge in [0.25, 0.3) is 0 Å². The maximum absolute atomic E-state index is 11.4. The van der Waals surface area contributed by atoms with Gasteiger partial charge in [0.2, 0.25) is 0 Å². The zero-order valence-electron chi connectivity index (χ0n) is 7.38. The van der Waals surface area contributed by atoms with E-state index < -0.39 is 0 Å². The topological polar surface area (TPSA) is 26.3 Å². The van der Waals surface area contributed by atoms with Crippen molar-refractivity contribution in [3.8, 4) is 0 Å². The number of carbonyl (C=O) groups is 1. The van der Waals surface area contributed by atoms with Crippen molar-refractivity contribution in [1.29, 1.82) is 0 Å². The molecular weight excluding hydrogens is 152 g/mol. The first-order chi connectivity index (χ1) is 5.75. The Bertz CT molecular complexity index is 232. The van der Waals surface area contributed by atoms with Gasteiger partial charge in [0.15, 0.2) is 0 Å². The van der Waals surface area contributed by atoms with E-state index in [-0.39, 0.29) is 12.0 Å². The second kappa shape index (κ2) is 2.70. The van der Waals surface area contributed by atoms with Crippen LogP contribution in [0.15, 0.2) is 12.2 Å². The lowest BCUT2D eigenvalue weighted by molar-refractivity contribution is -0.133. The average molecular weight is 166 g/mol. The van der Waals surface area contributed by atoms with Crippen LogP contribution >= 0.6 is 0 Å². The van der Waals surface area contributed by atoms with Crippen molar-refractivity contribution in [3.05, 3.63) is 12.2 Å². The van der Waals surface area contributed by atoms with E-state index >= 15 is 0 Å². The van der Waals surface area contributed by atoms with Crippen molar-refractivity contribution < 1.29 is 9.53 Å². The molecule has 12 heavy (non-hydrogen) atoms. The highest BCUT2D eigenvalue weighted by atomic mass is 16.5. The van der Waals surface area contributed by atoms with Crippen LogP contribution in [0.4, 0.5) is 0 Å². The molecule has 0 aromatic heterocycles. The van der Waals surface area contributed by atoms with E-state index in [1.54, 1.807) is 7.11 Å². The van der Waals surface area contributed by atoms with Crippen LogP contribution in [0.1, 0.15) is 19.3 Å². The van der Waals surface area contributed by atoms with Gasteiger partial charge in [-0.3, -0.25) is 4.79 Å². The summed E-state index contributed by atoms with van der Waals surface area (Å²) < 4.78 is 5.26. The van der Waals surface area contributed by atoms with Gasteiger partial charge < -0.3 is 4.74 Å². The van der Waals surface area contributed by atoms with Crippen LogP contribution in [0, 0.1) is 11.8 Å². The second-order valence-corrected chi connectivity index (χ2v) is 3.73. The van der Waals surface area contributed by atoms with Crippen molar-refractivity contribution in [2.24, 2.45) is 11.8 Å². The average Bonchev–Trinajstić information content (AvgIpc) is 2.04. The van der Waals surface area contributed by atoms with Crippen LogP contribution < -0.4 is 0 Å². The van der Waals surface area contributed by atoms with E-state index in [2.05, 4.69) is 6.58 Å². The van der Waals surface area contributed by atoms with Crippen molar-refractivity contribution in [2.45, 2.75) is 25.4 Å². The molecule has 2 nitrogen and oxygen atoms in total. The quantitative estimate of drug-likeness (QED) is 0.552. The molecule has 3 atom stereocenters. The number of fused-ring (bicyclic) bond motifs is 1. The van der Waals surface area contributed by atoms with Gasteiger partial charge in [-0.05, 0) is 18.4 Å². The highest BCUT2D eigenvalue weighted by molar-refractivity contribution is 5.86. The van der Waals surface area contributed by atoms with Gasteiger partial charge in [-0.25, -0.2) is 0 Å². The van der Waals surface area contributed by atoms with Gasteiger partial charge in [-0.2, -0.15) is 0 Å². The van der Waals surface area contributed by atoms with E-state index in [9.17, 15) is 4.79 Å². The monoisotopic (exact) mass is 166 g/mol. The number of methoxy groups -OCH3 is 1. The third-order valence-electron chi connectivity index (χ3n) is 3.14. The summed E-state index contributed by atoms with van der Waals surface area (Å²) >= 11 is 0.